The summed E-state index contributed by atoms with van der Waals surface area (Å²) >= 11 is 0. The molecule has 1 fully saturated rings. The average molecular weight is 405 g/mol. The summed E-state index contributed by atoms with van der Waals surface area (Å²) in [4.78, 5) is 15.7. The molecule has 4 N–H and O–H groups in total. The third-order valence-electron chi connectivity index (χ3n) is 4.24. The zero-order valence-corrected chi connectivity index (χ0v) is 16.8. The second kappa shape index (κ2) is 8.38. The van der Waals surface area contributed by atoms with E-state index in [0.717, 1.165) is 4.57 Å². The molecule has 2 heterocycles. The number of aromatic nitrogens is 2. The largest absolute Gasteiger partial charge is 0.393 e. The summed E-state index contributed by atoms with van der Waals surface area (Å²) in [6.45, 7) is 6.33. The van der Waals surface area contributed by atoms with Crippen LogP contribution in [0.25, 0.3) is 0 Å². The van der Waals surface area contributed by atoms with Gasteiger partial charge in [-0.3, -0.25) is 13.7 Å². The second-order valence-corrected chi connectivity index (χ2v) is 9.59. The van der Waals surface area contributed by atoms with E-state index in [-0.39, 0.29) is 24.8 Å². The fourth-order valence-corrected chi connectivity index (χ4v) is 4.44. The summed E-state index contributed by atoms with van der Waals surface area (Å²) in [5.74, 6) is 0.0158. The monoisotopic (exact) mass is 405 g/mol. The molecule has 1 aromatic heterocycles. The van der Waals surface area contributed by atoms with Gasteiger partial charge < -0.3 is 25.2 Å². The lowest BCUT2D eigenvalue weighted by atomic mass is 9.97. The molecular weight excluding hydrogens is 377 g/mol. The van der Waals surface area contributed by atoms with Gasteiger partial charge in [0.15, 0.2) is 12.0 Å². The lowest BCUT2D eigenvalue weighted by Crippen LogP contribution is -2.57. The molecule has 0 bridgehead atoms. The number of nitrogens with zero attached hydrogens (tertiary/aromatic N) is 2. The first-order valence-electron chi connectivity index (χ1n) is 8.82. The fourth-order valence-electron chi connectivity index (χ4n) is 2.83. The number of aliphatic hydroxyl groups excluding tert-OH is 1. The lowest BCUT2D eigenvalue weighted by molar-refractivity contribution is -0.268. The Balaban J connectivity index is 2.23. The van der Waals surface area contributed by atoms with Crippen LogP contribution in [0.5, 0.6) is 0 Å². The second-order valence-electron chi connectivity index (χ2n) is 7.05. The third-order valence-corrected chi connectivity index (χ3v) is 6.75. The van der Waals surface area contributed by atoms with Crippen LogP contribution in [0.3, 0.4) is 0 Å². The van der Waals surface area contributed by atoms with E-state index in [0.29, 0.717) is 0 Å². The minimum absolute atomic E-state index is 0.00811. The molecular formula is C16H28N3O7P. The van der Waals surface area contributed by atoms with Gasteiger partial charge in [-0.05, 0) is 19.9 Å². The SMILES string of the molecule is CC(C)OP(=O)(O[C@@H]1CC[C@](O)(n2ccc(N)nc2=O)[C@@H](CO)O1)C(C)C. The summed E-state index contributed by atoms with van der Waals surface area (Å²) in [6.07, 6.45) is -1.05. The average Bonchev–Trinajstić information content (AvgIpc) is 2.55. The summed E-state index contributed by atoms with van der Waals surface area (Å²) in [5, 5.41) is 20.7. The van der Waals surface area contributed by atoms with Crippen molar-refractivity contribution in [2.24, 2.45) is 0 Å². The van der Waals surface area contributed by atoms with E-state index in [1.54, 1.807) is 27.7 Å². The quantitative estimate of drug-likeness (QED) is 0.566. The maximum atomic E-state index is 13.0. The van der Waals surface area contributed by atoms with Gasteiger partial charge in [0.25, 0.3) is 0 Å². The molecule has 0 radical (unpaired) electrons. The first kappa shape index (κ1) is 22.0. The van der Waals surface area contributed by atoms with Crippen LogP contribution in [0.4, 0.5) is 5.82 Å². The molecule has 0 saturated carbocycles. The number of anilines is 1. The van der Waals surface area contributed by atoms with Crippen molar-refractivity contribution in [1.29, 1.82) is 0 Å². The first-order valence-corrected chi connectivity index (χ1v) is 10.4. The molecule has 0 spiro atoms. The van der Waals surface area contributed by atoms with Crippen LogP contribution >= 0.6 is 7.60 Å². The number of nitrogen functional groups attached to an aromatic ring is 1. The molecule has 1 saturated heterocycles. The van der Waals surface area contributed by atoms with Gasteiger partial charge in [-0.25, -0.2) is 4.79 Å². The van der Waals surface area contributed by atoms with Gasteiger partial charge in [0.05, 0.1) is 18.4 Å². The Labute approximate surface area is 157 Å². The first-order chi connectivity index (χ1) is 12.5. The highest BCUT2D eigenvalue weighted by molar-refractivity contribution is 7.54. The molecule has 1 aliphatic heterocycles. The van der Waals surface area contributed by atoms with E-state index >= 15 is 0 Å². The molecule has 154 valence electrons. The van der Waals surface area contributed by atoms with E-state index in [1.807, 2.05) is 0 Å². The highest BCUT2D eigenvalue weighted by Crippen LogP contribution is 2.56. The number of hydrogen-bond acceptors (Lipinski definition) is 9. The third kappa shape index (κ3) is 4.77. The summed E-state index contributed by atoms with van der Waals surface area (Å²) in [5.41, 5.74) is 2.46. The van der Waals surface area contributed by atoms with Gasteiger partial charge in [0, 0.05) is 19.0 Å². The van der Waals surface area contributed by atoms with E-state index < -0.39 is 43.7 Å². The predicted molar refractivity (Wildman–Crippen MR) is 98.1 cm³/mol. The van der Waals surface area contributed by atoms with Crippen molar-refractivity contribution in [3.05, 3.63) is 22.7 Å². The van der Waals surface area contributed by atoms with Gasteiger partial charge in [0.2, 0.25) is 0 Å². The summed E-state index contributed by atoms with van der Waals surface area (Å²) in [7, 11) is -3.47. The summed E-state index contributed by atoms with van der Waals surface area (Å²) in [6, 6.07) is 1.36. The Bertz CT molecular complexity index is 754. The van der Waals surface area contributed by atoms with Crippen molar-refractivity contribution in [1.82, 2.24) is 9.55 Å². The van der Waals surface area contributed by atoms with Crippen molar-refractivity contribution in [2.45, 2.75) is 70.4 Å². The zero-order chi connectivity index (χ0) is 20.4. The zero-order valence-electron chi connectivity index (χ0n) is 15.9. The van der Waals surface area contributed by atoms with E-state index in [9.17, 15) is 19.6 Å². The standard InChI is InChI=1S/C16H28N3O7P/c1-10(2)25-27(23,11(3)4)26-14-5-7-16(22,12(9-20)24-14)19-8-6-13(17)18-15(19)21/h6,8,10-12,14,20,22H,5,7,9H2,1-4H3,(H2,17,18,21)/t12-,14-,16-,27?/m1/s1. The smallest absolute Gasteiger partial charge is 0.351 e. The van der Waals surface area contributed by atoms with Crippen LogP contribution in [-0.4, -0.2) is 50.5 Å². The fraction of sp³-hybridized carbons (Fsp3) is 0.750. The molecule has 0 aliphatic carbocycles. The van der Waals surface area contributed by atoms with Crippen LogP contribution < -0.4 is 11.4 Å². The topological polar surface area (TPSA) is 146 Å². The molecule has 0 amide bonds. The van der Waals surface area contributed by atoms with Crippen molar-refractivity contribution in [3.8, 4) is 0 Å². The Morgan fingerprint density at radius 3 is 2.67 bits per heavy atom. The van der Waals surface area contributed by atoms with Crippen LogP contribution in [0.1, 0.15) is 40.5 Å². The number of nitrogens with two attached hydrogens (primary N) is 1. The Morgan fingerprint density at radius 1 is 1.48 bits per heavy atom. The van der Waals surface area contributed by atoms with E-state index in [4.69, 9.17) is 19.5 Å². The number of rotatable bonds is 7. The van der Waals surface area contributed by atoms with Crippen molar-refractivity contribution in [3.63, 3.8) is 0 Å². The van der Waals surface area contributed by atoms with E-state index in [2.05, 4.69) is 4.98 Å². The highest BCUT2D eigenvalue weighted by atomic mass is 31.2. The molecule has 1 aromatic rings. The lowest BCUT2D eigenvalue weighted by Gasteiger charge is -2.43. The number of aliphatic hydroxyl groups is 2. The van der Waals surface area contributed by atoms with Gasteiger partial charge in [-0.15, -0.1) is 0 Å². The predicted octanol–water partition coefficient (Wildman–Crippen LogP) is 1.01. The Kier molecular flexibility index (Phi) is 6.83. The van der Waals surface area contributed by atoms with Gasteiger partial charge in [0.1, 0.15) is 11.9 Å². The van der Waals surface area contributed by atoms with Crippen LogP contribution in [0.15, 0.2) is 17.1 Å². The minimum atomic E-state index is -3.47. The Hall–Kier alpha value is -1.29. The van der Waals surface area contributed by atoms with E-state index in [1.165, 1.54) is 12.3 Å². The molecule has 4 atom stereocenters. The van der Waals surface area contributed by atoms with Crippen LogP contribution in [-0.2, 0) is 24.1 Å². The van der Waals surface area contributed by atoms with Crippen LogP contribution in [0.2, 0.25) is 0 Å². The molecule has 1 aliphatic rings. The molecule has 27 heavy (non-hydrogen) atoms. The molecule has 0 aromatic carbocycles. The van der Waals surface area contributed by atoms with Crippen molar-refractivity contribution in [2.75, 3.05) is 12.3 Å². The van der Waals surface area contributed by atoms with Gasteiger partial charge >= 0.3 is 13.3 Å². The van der Waals surface area contributed by atoms with Crippen molar-refractivity contribution >= 4 is 13.4 Å². The van der Waals surface area contributed by atoms with Crippen LogP contribution in [0, 0.1) is 0 Å². The molecule has 10 nitrogen and oxygen atoms in total. The summed E-state index contributed by atoms with van der Waals surface area (Å²) < 4.78 is 30.7. The number of ether oxygens (including phenoxy) is 1. The molecule has 1 unspecified atom stereocenters. The maximum absolute atomic E-state index is 13.0. The highest BCUT2D eigenvalue weighted by Gasteiger charge is 2.47. The van der Waals surface area contributed by atoms with Gasteiger partial charge in [-0.1, -0.05) is 13.8 Å². The molecule has 11 heteroatoms. The Morgan fingerprint density at radius 2 is 2.15 bits per heavy atom. The molecule has 2 rings (SSSR count). The van der Waals surface area contributed by atoms with Gasteiger partial charge in [-0.2, -0.15) is 4.98 Å². The maximum Gasteiger partial charge on any atom is 0.351 e. The minimum Gasteiger partial charge on any atom is -0.393 e. The normalized spacial score (nSPS) is 28.4. The number of hydrogen-bond donors (Lipinski definition) is 3. The van der Waals surface area contributed by atoms with Crippen molar-refractivity contribution < 1.29 is 28.6 Å².